The summed E-state index contributed by atoms with van der Waals surface area (Å²) in [7, 11) is 0. The minimum atomic E-state index is -0.505. The average molecular weight is 285 g/mol. The molecule has 0 aromatic heterocycles. The van der Waals surface area contributed by atoms with E-state index in [1.807, 2.05) is 34.6 Å². The third kappa shape index (κ3) is 5.90. The maximum Gasteiger partial charge on any atom is 0.410 e. The van der Waals surface area contributed by atoms with Crippen molar-refractivity contribution in [3.05, 3.63) is 0 Å². The Morgan fingerprint density at radius 3 is 2.60 bits per heavy atom. The highest BCUT2D eigenvalue weighted by molar-refractivity contribution is 5.84. The Morgan fingerprint density at radius 1 is 1.40 bits per heavy atom. The van der Waals surface area contributed by atoms with E-state index in [0.29, 0.717) is 32.5 Å². The summed E-state index contributed by atoms with van der Waals surface area (Å²) >= 11 is 0. The standard InChI is InChI=1S/C15H27NO4/c1-11(2)19-9-7-12-10-16(8-6-13(12)17)14(18)20-15(3,4)5/h11-12H,6-10H2,1-5H3. The highest BCUT2D eigenvalue weighted by Gasteiger charge is 2.31. The SMILES string of the molecule is CC(C)OCCC1CN(C(=O)OC(C)(C)C)CCC1=O. The van der Waals surface area contributed by atoms with E-state index >= 15 is 0 Å². The van der Waals surface area contributed by atoms with E-state index in [0.717, 1.165) is 0 Å². The lowest BCUT2D eigenvalue weighted by Crippen LogP contribution is -2.46. The lowest BCUT2D eigenvalue weighted by molar-refractivity contribution is -0.126. The summed E-state index contributed by atoms with van der Waals surface area (Å²) in [5, 5.41) is 0. The van der Waals surface area contributed by atoms with Crippen LogP contribution in [0.25, 0.3) is 0 Å². The van der Waals surface area contributed by atoms with Crippen molar-refractivity contribution >= 4 is 11.9 Å². The maximum atomic E-state index is 12.0. The van der Waals surface area contributed by atoms with Gasteiger partial charge in [-0.3, -0.25) is 4.79 Å². The first-order valence-corrected chi connectivity index (χ1v) is 7.31. The van der Waals surface area contributed by atoms with Crippen LogP contribution in [0, 0.1) is 5.92 Å². The number of hydrogen-bond acceptors (Lipinski definition) is 4. The van der Waals surface area contributed by atoms with Gasteiger partial charge in [0.15, 0.2) is 0 Å². The van der Waals surface area contributed by atoms with Crippen LogP contribution in [0.2, 0.25) is 0 Å². The van der Waals surface area contributed by atoms with Crippen molar-refractivity contribution in [1.29, 1.82) is 0 Å². The second-order valence-electron chi connectivity index (χ2n) is 6.55. The molecule has 1 rings (SSSR count). The van der Waals surface area contributed by atoms with Crippen LogP contribution < -0.4 is 0 Å². The fourth-order valence-corrected chi connectivity index (χ4v) is 2.10. The van der Waals surface area contributed by atoms with Crippen molar-refractivity contribution in [3.63, 3.8) is 0 Å². The van der Waals surface area contributed by atoms with Gasteiger partial charge < -0.3 is 14.4 Å². The minimum absolute atomic E-state index is 0.130. The Bertz CT molecular complexity index is 346. The first kappa shape index (κ1) is 17.0. The van der Waals surface area contributed by atoms with Crippen molar-refractivity contribution < 1.29 is 19.1 Å². The van der Waals surface area contributed by atoms with Crippen molar-refractivity contribution in [2.24, 2.45) is 5.92 Å². The zero-order valence-electron chi connectivity index (χ0n) is 13.3. The summed E-state index contributed by atoms with van der Waals surface area (Å²) < 4.78 is 10.8. The number of carbonyl (C=O) groups excluding carboxylic acids is 2. The lowest BCUT2D eigenvalue weighted by Gasteiger charge is -2.33. The summed E-state index contributed by atoms with van der Waals surface area (Å²) in [4.78, 5) is 25.5. The highest BCUT2D eigenvalue weighted by atomic mass is 16.6. The van der Waals surface area contributed by atoms with Gasteiger partial charge in [-0.1, -0.05) is 0 Å². The van der Waals surface area contributed by atoms with Gasteiger partial charge in [0.25, 0.3) is 0 Å². The second-order valence-corrected chi connectivity index (χ2v) is 6.55. The molecule has 0 aromatic carbocycles. The molecule has 1 saturated heterocycles. The number of ketones is 1. The molecule has 0 N–H and O–H groups in total. The Hall–Kier alpha value is -1.10. The number of piperidine rings is 1. The molecule has 1 fully saturated rings. The summed E-state index contributed by atoms with van der Waals surface area (Å²) in [6.07, 6.45) is 0.900. The number of Topliss-reactive ketones (excluding diaryl/α,β-unsaturated/α-hetero) is 1. The maximum absolute atomic E-state index is 12.0. The van der Waals surface area contributed by atoms with Crippen LogP contribution in [0.3, 0.4) is 0 Å². The van der Waals surface area contributed by atoms with Crippen LogP contribution in [0.5, 0.6) is 0 Å². The highest BCUT2D eigenvalue weighted by Crippen LogP contribution is 2.19. The monoisotopic (exact) mass is 285 g/mol. The summed E-state index contributed by atoms with van der Waals surface area (Å²) in [6, 6.07) is 0. The van der Waals surface area contributed by atoms with Crippen LogP contribution in [-0.4, -0.2) is 48.2 Å². The fourth-order valence-electron chi connectivity index (χ4n) is 2.10. The number of ether oxygens (including phenoxy) is 2. The zero-order valence-corrected chi connectivity index (χ0v) is 13.3. The third-order valence-electron chi connectivity index (χ3n) is 3.09. The molecule has 1 aliphatic heterocycles. The van der Waals surface area contributed by atoms with E-state index in [1.54, 1.807) is 4.90 Å². The molecule has 1 unspecified atom stereocenters. The molecule has 116 valence electrons. The van der Waals surface area contributed by atoms with E-state index in [-0.39, 0.29) is 23.9 Å². The molecule has 0 aromatic rings. The van der Waals surface area contributed by atoms with Gasteiger partial charge in [0.1, 0.15) is 11.4 Å². The summed E-state index contributed by atoms with van der Waals surface area (Å²) in [6.45, 7) is 10.9. The van der Waals surface area contributed by atoms with E-state index < -0.39 is 5.60 Å². The van der Waals surface area contributed by atoms with E-state index in [1.165, 1.54) is 0 Å². The van der Waals surface area contributed by atoms with Crippen LogP contribution in [0.4, 0.5) is 4.79 Å². The van der Waals surface area contributed by atoms with E-state index in [9.17, 15) is 9.59 Å². The third-order valence-corrected chi connectivity index (χ3v) is 3.09. The van der Waals surface area contributed by atoms with E-state index in [2.05, 4.69) is 0 Å². The number of hydrogen-bond donors (Lipinski definition) is 0. The molecule has 20 heavy (non-hydrogen) atoms. The number of carbonyl (C=O) groups is 2. The van der Waals surface area contributed by atoms with Gasteiger partial charge in [0.05, 0.1) is 6.10 Å². The lowest BCUT2D eigenvalue weighted by atomic mass is 9.94. The molecular formula is C15H27NO4. The summed E-state index contributed by atoms with van der Waals surface area (Å²) in [5.41, 5.74) is -0.505. The van der Waals surface area contributed by atoms with Gasteiger partial charge in [-0.05, 0) is 41.0 Å². The van der Waals surface area contributed by atoms with Gasteiger partial charge in [0, 0.05) is 32.0 Å². The molecule has 1 atom stereocenters. The summed E-state index contributed by atoms with van der Waals surface area (Å²) in [5.74, 6) is 0.0900. The Morgan fingerprint density at radius 2 is 2.05 bits per heavy atom. The molecule has 5 nitrogen and oxygen atoms in total. The van der Waals surface area contributed by atoms with Crippen molar-refractivity contribution in [1.82, 2.24) is 4.90 Å². The minimum Gasteiger partial charge on any atom is -0.444 e. The van der Waals surface area contributed by atoms with Gasteiger partial charge in [-0.2, -0.15) is 0 Å². The first-order valence-electron chi connectivity index (χ1n) is 7.31. The van der Waals surface area contributed by atoms with Gasteiger partial charge >= 0.3 is 6.09 Å². The topological polar surface area (TPSA) is 55.8 Å². The molecule has 0 radical (unpaired) electrons. The Balaban J connectivity index is 2.48. The fraction of sp³-hybridized carbons (Fsp3) is 0.867. The Labute approximate surface area is 121 Å². The largest absolute Gasteiger partial charge is 0.444 e. The molecule has 0 saturated carbocycles. The van der Waals surface area contributed by atoms with Crippen LogP contribution in [0.1, 0.15) is 47.5 Å². The van der Waals surface area contributed by atoms with Crippen molar-refractivity contribution in [3.8, 4) is 0 Å². The van der Waals surface area contributed by atoms with Crippen LogP contribution in [0.15, 0.2) is 0 Å². The quantitative estimate of drug-likeness (QED) is 0.796. The number of nitrogens with zero attached hydrogens (tertiary/aromatic N) is 1. The van der Waals surface area contributed by atoms with Crippen molar-refractivity contribution in [2.75, 3.05) is 19.7 Å². The van der Waals surface area contributed by atoms with Crippen molar-refractivity contribution in [2.45, 2.75) is 59.2 Å². The molecule has 1 heterocycles. The average Bonchev–Trinajstić information content (AvgIpc) is 2.28. The second kappa shape index (κ2) is 7.07. The Kier molecular flexibility index (Phi) is 5.99. The van der Waals surface area contributed by atoms with E-state index in [4.69, 9.17) is 9.47 Å². The smallest absolute Gasteiger partial charge is 0.410 e. The molecular weight excluding hydrogens is 258 g/mol. The molecule has 1 aliphatic rings. The molecule has 0 aliphatic carbocycles. The van der Waals surface area contributed by atoms with Gasteiger partial charge in [-0.25, -0.2) is 4.79 Å². The number of likely N-dealkylation sites (tertiary alicyclic amines) is 1. The predicted octanol–water partition coefficient (Wildman–Crippen LogP) is 2.63. The zero-order chi connectivity index (χ0) is 15.3. The van der Waals surface area contributed by atoms with Gasteiger partial charge in [-0.15, -0.1) is 0 Å². The molecule has 5 heteroatoms. The van der Waals surface area contributed by atoms with Gasteiger partial charge in [0.2, 0.25) is 0 Å². The first-order chi connectivity index (χ1) is 9.19. The number of amides is 1. The van der Waals surface area contributed by atoms with Crippen LogP contribution in [-0.2, 0) is 14.3 Å². The molecule has 0 spiro atoms. The normalized spacial score (nSPS) is 20.4. The van der Waals surface area contributed by atoms with Crippen LogP contribution >= 0.6 is 0 Å². The molecule has 0 bridgehead atoms. The molecule has 1 amide bonds. The predicted molar refractivity (Wildman–Crippen MR) is 76.6 cm³/mol. The number of rotatable bonds is 4.